The van der Waals surface area contributed by atoms with E-state index >= 15 is 0 Å². The molecule has 0 amide bonds. The highest BCUT2D eigenvalue weighted by Crippen LogP contribution is 2.29. The number of aryl methyl sites for hydroxylation is 2. The molecule has 156 valence electrons. The van der Waals surface area contributed by atoms with Crippen LogP contribution in [0.3, 0.4) is 0 Å². The molecule has 28 heavy (non-hydrogen) atoms. The first-order chi connectivity index (χ1) is 12.8. The maximum Gasteiger partial charge on any atom is 0.417 e. The summed E-state index contributed by atoms with van der Waals surface area (Å²) in [4.78, 5) is 12.3. The van der Waals surface area contributed by atoms with Crippen molar-refractivity contribution in [3.8, 4) is 5.88 Å². The molecule has 0 saturated heterocycles. The number of nitrogens with one attached hydrogen (secondary N) is 2. The zero-order valence-corrected chi connectivity index (χ0v) is 18.1. The highest BCUT2D eigenvalue weighted by Gasteiger charge is 2.30. The summed E-state index contributed by atoms with van der Waals surface area (Å²) in [7, 11) is 0. The van der Waals surface area contributed by atoms with Gasteiger partial charge in [-0.3, -0.25) is 0 Å². The Hall–Kier alpha value is -2.05. The standard InChI is InChI=1S/C17H22F3N5O2.HI/c1-4-21-16(24-10-15-25-11(2)12(3)27-15)22-7-8-26-14-6-5-13(9-23-14)17(18,19)20;/h5-6,9H,4,7-8,10H2,1-3H3,(H2,21,22,24);1H. The van der Waals surface area contributed by atoms with Crippen LogP contribution >= 0.6 is 24.0 Å². The van der Waals surface area contributed by atoms with Crippen molar-refractivity contribution in [1.82, 2.24) is 20.6 Å². The lowest BCUT2D eigenvalue weighted by Gasteiger charge is -2.12. The summed E-state index contributed by atoms with van der Waals surface area (Å²) in [5.74, 6) is 1.95. The van der Waals surface area contributed by atoms with Crippen LogP contribution < -0.4 is 15.4 Å². The van der Waals surface area contributed by atoms with Crippen LogP contribution in [0.5, 0.6) is 5.88 Å². The minimum Gasteiger partial charge on any atom is -0.476 e. The minimum atomic E-state index is -4.41. The van der Waals surface area contributed by atoms with Gasteiger partial charge in [0.2, 0.25) is 11.8 Å². The van der Waals surface area contributed by atoms with E-state index in [1.807, 2.05) is 20.8 Å². The van der Waals surface area contributed by atoms with Crippen molar-refractivity contribution in [2.75, 3.05) is 19.7 Å². The van der Waals surface area contributed by atoms with E-state index in [9.17, 15) is 13.2 Å². The molecule has 0 aliphatic carbocycles. The summed E-state index contributed by atoms with van der Waals surface area (Å²) in [6, 6.07) is 2.12. The molecular formula is C17H23F3IN5O2. The average Bonchev–Trinajstić information content (AvgIpc) is 2.94. The van der Waals surface area contributed by atoms with Gasteiger partial charge in [-0.1, -0.05) is 0 Å². The Kier molecular flexibility index (Phi) is 9.49. The molecule has 0 aliphatic rings. The third-order valence-corrected chi connectivity index (χ3v) is 3.50. The number of oxazole rings is 1. The zero-order valence-electron chi connectivity index (χ0n) is 15.8. The van der Waals surface area contributed by atoms with Crippen molar-refractivity contribution in [1.29, 1.82) is 0 Å². The fourth-order valence-corrected chi connectivity index (χ4v) is 2.05. The van der Waals surface area contributed by atoms with E-state index in [1.165, 1.54) is 6.07 Å². The summed E-state index contributed by atoms with van der Waals surface area (Å²) in [5, 5.41) is 6.13. The third-order valence-electron chi connectivity index (χ3n) is 3.50. The van der Waals surface area contributed by atoms with Crippen LogP contribution in [-0.4, -0.2) is 35.6 Å². The molecule has 0 aromatic carbocycles. The van der Waals surface area contributed by atoms with E-state index in [0.29, 0.717) is 24.9 Å². The molecule has 7 nitrogen and oxygen atoms in total. The van der Waals surface area contributed by atoms with Crippen molar-refractivity contribution < 1.29 is 22.3 Å². The number of hydrogen-bond donors (Lipinski definition) is 2. The molecule has 2 aromatic heterocycles. The minimum absolute atomic E-state index is 0. The normalized spacial score (nSPS) is 11.7. The van der Waals surface area contributed by atoms with Gasteiger partial charge < -0.3 is 19.8 Å². The maximum atomic E-state index is 12.5. The van der Waals surface area contributed by atoms with Gasteiger partial charge in [-0.2, -0.15) is 13.2 Å². The Morgan fingerprint density at radius 1 is 1.25 bits per heavy atom. The second-order valence-electron chi connectivity index (χ2n) is 5.60. The average molecular weight is 513 g/mol. The summed E-state index contributed by atoms with van der Waals surface area (Å²) in [6.45, 7) is 7.17. The van der Waals surface area contributed by atoms with Crippen LogP contribution in [0.2, 0.25) is 0 Å². The van der Waals surface area contributed by atoms with E-state index in [2.05, 4.69) is 25.6 Å². The summed E-state index contributed by atoms with van der Waals surface area (Å²) >= 11 is 0. The fourth-order valence-electron chi connectivity index (χ4n) is 2.05. The highest BCUT2D eigenvalue weighted by molar-refractivity contribution is 14.0. The van der Waals surface area contributed by atoms with Crippen LogP contribution in [0.15, 0.2) is 27.7 Å². The highest BCUT2D eigenvalue weighted by atomic mass is 127. The number of nitrogens with zero attached hydrogens (tertiary/aromatic N) is 3. The van der Waals surface area contributed by atoms with Crippen molar-refractivity contribution in [3.63, 3.8) is 0 Å². The van der Waals surface area contributed by atoms with Gasteiger partial charge in [-0.15, -0.1) is 24.0 Å². The van der Waals surface area contributed by atoms with Gasteiger partial charge in [0, 0.05) is 18.8 Å². The van der Waals surface area contributed by atoms with Gasteiger partial charge in [-0.05, 0) is 26.8 Å². The molecule has 11 heteroatoms. The summed E-state index contributed by atoms with van der Waals surface area (Å²) in [5.41, 5.74) is 0.0159. The number of aliphatic imine (C=N–C) groups is 1. The number of halogens is 4. The van der Waals surface area contributed by atoms with Crippen LogP contribution in [0.25, 0.3) is 0 Å². The number of hydrogen-bond acceptors (Lipinski definition) is 5. The molecule has 0 unspecified atom stereocenters. The van der Waals surface area contributed by atoms with Crippen molar-refractivity contribution in [2.24, 2.45) is 4.99 Å². The van der Waals surface area contributed by atoms with Gasteiger partial charge in [0.25, 0.3) is 0 Å². The van der Waals surface area contributed by atoms with Gasteiger partial charge in [0.05, 0.1) is 17.8 Å². The number of ether oxygens (including phenoxy) is 1. The monoisotopic (exact) mass is 513 g/mol. The molecular weight excluding hydrogens is 490 g/mol. The largest absolute Gasteiger partial charge is 0.476 e. The Bertz CT molecular complexity index is 744. The molecule has 0 bridgehead atoms. The van der Waals surface area contributed by atoms with Crippen molar-refractivity contribution in [3.05, 3.63) is 41.2 Å². The van der Waals surface area contributed by atoms with E-state index in [-0.39, 0.29) is 43.0 Å². The number of guanidine groups is 1. The van der Waals surface area contributed by atoms with E-state index in [1.54, 1.807) is 0 Å². The Balaban J connectivity index is 0.00000392. The van der Waals surface area contributed by atoms with Gasteiger partial charge in [0.1, 0.15) is 18.9 Å². The van der Waals surface area contributed by atoms with Gasteiger partial charge in [0.15, 0.2) is 5.96 Å². The van der Waals surface area contributed by atoms with Crippen LogP contribution in [0.1, 0.15) is 29.8 Å². The molecule has 2 rings (SSSR count). The number of rotatable bonds is 7. The first-order valence-corrected chi connectivity index (χ1v) is 8.40. The molecule has 0 radical (unpaired) electrons. The fraction of sp³-hybridized carbons (Fsp3) is 0.471. The van der Waals surface area contributed by atoms with Gasteiger partial charge in [-0.25, -0.2) is 15.0 Å². The number of aromatic nitrogens is 2. The second kappa shape index (κ2) is 11.1. The van der Waals surface area contributed by atoms with Gasteiger partial charge >= 0.3 is 6.18 Å². The lowest BCUT2D eigenvalue weighted by molar-refractivity contribution is -0.137. The number of pyridine rings is 1. The lowest BCUT2D eigenvalue weighted by Crippen LogP contribution is -2.39. The second-order valence-corrected chi connectivity index (χ2v) is 5.60. The molecule has 2 heterocycles. The van der Waals surface area contributed by atoms with Crippen molar-refractivity contribution in [2.45, 2.75) is 33.5 Å². The van der Waals surface area contributed by atoms with Crippen LogP contribution in [0.4, 0.5) is 13.2 Å². The molecule has 0 spiro atoms. The molecule has 0 fully saturated rings. The third kappa shape index (κ3) is 7.52. The Labute approximate surface area is 178 Å². The summed E-state index contributed by atoms with van der Waals surface area (Å²) in [6.07, 6.45) is -3.67. The first kappa shape index (κ1) is 24.0. The first-order valence-electron chi connectivity index (χ1n) is 8.40. The quantitative estimate of drug-likeness (QED) is 0.256. The van der Waals surface area contributed by atoms with E-state index < -0.39 is 11.7 Å². The van der Waals surface area contributed by atoms with E-state index in [4.69, 9.17) is 9.15 Å². The smallest absolute Gasteiger partial charge is 0.417 e. The lowest BCUT2D eigenvalue weighted by atomic mass is 10.3. The van der Waals surface area contributed by atoms with Crippen LogP contribution in [-0.2, 0) is 12.7 Å². The van der Waals surface area contributed by atoms with E-state index in [0.717, 1.165) is 23.7 Å². The predicted molar refractivity (Wildman–Crippen MR) is 109 cm³/mol. The van der Waals surface area contributed by atoms with Crippen molar-refractivity contribution >= 4 is 29.9 Å². The SMILES string of the molecule is CCNC(=NCc1nc(C)c(C)o1)NCCOc1ccc(C(F)(F)F)cn1.I. The molecule has 0 aliphatic heterocycles. The number of alkyl halides is 3. The predicted octanol–water partition coefficient (Wildman–Crippen LogP) is 3.46. The molecule has 0 saturated carbocycles. The Morgan fingerprint density at radius 2 is 2.00 bits per heavy atom. The molecule has 2 aromatic rings. The molecule has 2 N–H and O–H groups in total. The van der Waals surface area contributed by atoms with Crippen LogP contribution in [0, 0.1) is 13.8 Å². The summed E-state index contributed by atoms with van der Waals surface area (Å²) < 4.78 is 48.3. The topological polar surface area (TPSA) is 84.6 Å². The zero-order chi connectivity index (χ0) is 19.9. The maximum absolute atomic E-state index is 12.5. The molecule has 0 atom stereocenters. The Morgan fingerprint density at radius 3 is 2.54 bits per heavy atom.